The maximum Gasteiger partial charge on any atom is 0.228 e. The van der Waals surface area contributed by atoms with Crippen molar-refractivity contribution >= 4 is 16.8 Å². The molecule has 0 atom stereocenters. The summed E-state index contributed by atoms with van der Waals surface area (Å²) >= 11 is 0. The minimum atomic E-state index is -0.577. The number of halogens is 1. The predicted octanol–water partition coefficient (Wildman–Crippen LogP) is 2.15. The van der Waals surface area contributed by atoms with Crippen molar-refractivity contribution in [3.63, 3.8) is 0 Å². The van der Waals surface area contributed by atoms with E-state index >= 15 is 0 Å². The summed E-state index contributed by atoms with van der Waals surface area (Å²) in [6.07, 6.45) is 1.25. The lowest BCUT2D eigenvalue weighted by Gasteiger charge is -2.04. The minimum Gasteiger partial charge on any atom is -0.506 e. The molecule has 0 bridgehead atoms. The number of hydrogen-bond acceptors (Lipinski definition) is 3. The summed E-state index contributed by atoms with van der Waals surface area (Å²) in [5.41, 5.74) is 0.420. The van der Waals surface area contributed by atoms with Crippen LogP contribution in [0.25, 0.3) is 10.9 Å². The highest BCUT2D eigenvalue weighted by Crippen LogP contribution is 2.36. The summed E-state index contributed by atoms with van der Waals surface area (Å²) in [5, 5.41) is 9.86. The molecule has 0 aliphatic carbocycles. The van der Waals surface area contributed by atoms with Gasteiger partial charge in [-0.3, -0.25) is 9.36 Å². The molecule has 1 aromatic carbocycles. The van der Waals surface area contributed by atoms with Crippen LogP contribution in [0.5, 0.6) is 11.5 Å². The number of benzene rings is 1. The Morgan fingerprint density at radius 1 is 1.50 bits per heavy atom. The number of aromatic hydroxyl groups is 1. The van der Waals surface area contributed by atoms with Crippen LogP contribution in [0.3, 0.4) is 0 Å². The number of aromatic nitrogens is 1. The van der Waals surface area contributed by atoms with Crippen LogP contribution in [0.1, 0.15) is 11.7 Å². The lowest BCUT2D eigenvalue weighted by atomic mass is 10.2. The molecule has 0 radical (unpaired) electrons. The molecular weight excluding hydrogens is 213 g/mol. The first-order valence-electron chi connectivity index (χ1n) is 4.63. The Labute approximate surface area is 90.9 Å². The molecule has 1 aromatic heterocycles. The summed E-state index contributed by atoms with van der Waals surface area (Å²) in [7, 11) is 1.31. The fourth-order valence-corrected chi connectivity index (χ4v) is 1.71. The van der Waals surface area contributed by atoms with Crippen molar-refractivity contribution in [2.24, 2.45) is 0 Å². The fourth-order valence-electron chi connectivity index (χ4n) is 1.71. The molecule has 0 aliphatic heterocycles. The van der Waals surface area contributed by atoms with Gasteiger partial charge in [-0.2, -0.15) is 0 Å². The topological polar surface area (TPSA) is 51.5 Å². The van der Waals surface area contributed by atoms with Crippen LogP contribution in [-0.2, 0) is 0 Å². The van der Waals surface area contributed by atoms with E-state index in [2.05, 4.69) is 0 Å². The van der Waals surface area contributed by atoms with Crippen molar-refractivity contribution < 1.29 is 19.0 Å². The second-order valence-corrected chi connectivity index (χ2v) is 3.38. The molecule has 2 aromatic rings. The van der Waals surface area contributed by atoms with Crippen molar-refractivity contribution in [3.05, 3.63) is 24.1 Å². The van der Waals surface area contributed by atoms with Gasteiger partial charge in [0, 0.05) is 6.92 Å². The van der Waals surface area contributed by atoms with Gasteiger partial charge in [-0.05, 0) is 12.1 Å². The number of ether oxygens (including phenoxy) is 1. The number of nitrogens with zero attached hydrogens (tertiary/aromatic N) is 1. The lowest BCUT2D eigenvalue weighted by molar-refractivity contribution is 0.0941. The fraction of sp³-hybridized carbons (Fsp3) is 0.182. The second kappa shape index (κ2) is 3.52. The third-order valence-electron chi connectivity index (χ3n) is 2.40. The molecule has 4 nitrogen and oxygen atoms in total. The normalized spacial score (nSPS) is 10.7. The molecule has 84 valence electrons. The van der Waals surface area contributed by atoms with E-state index in [1.165, 1.54) is 36.9 Å². The zero-order chi connectivity index (χ0) is 11.9. The smallest absolute Gasteiger partial charge is 0.228 e. The molecule has 0 spiro atoms. The van der Waals surface area contributed by atoms with Gasteiger partial charge < -0.3 is 9.84 Å². The number of hydrogen-bond donors (Lipinski definition) is 1. The summed E-state index contributed by atoms with van der Waals surface area (Å²) in [4.78, 5) is 11.3. The molecule has 5 heteroatoms. The highest BCUT2D eigenvalue weighted by molar-refractivity contribution is 5.98. The van der Waals surface area contributed by atoms with Crippen LogP contribution in [0, 0.1) is 5.82 Å². The largest absolute Gasteiger partial charge is 0.506 e. The van der Waals surface area contributed by atoms with Gasteiger partial charge in [-0.25, -0.2) is 4.39 Å². The van der Waals surface area contributed by atoms with Crippen molar-refractivity contribution in [1.82, 2.24) is 4.57 Å². The molecular formula is C11H10FNO3. The molecule has 0 aliphatic rings. The van der Waals surface area contributed by atoms with Gasteiger partial charge >= 0.3 is 0 Å². The maximum absolute atomic E-state index is 13.4. The quantitative estimate of drug-likeness (QED) is 0.805. The van der Waals surface area contributed by atoms with E-state index in [0.29, 0.717) is 5.52 Å². The van der Waals surface area contributed by atoms with Crippen molar-refractivity contribution in [1.29, 1.82) is 0 Å². The van der Waals surface area contributed by atoms with E-state index in [0.717, 1.165) is 0 Å². The standard InChI is InChI=1S/C11H10FNO3/c1-6(14)13-5-9(15)10-8(13)4-3-7(12)11(10)16-2/h3-5,15H,1-2H3. The molecule has 16 heavy (non-hydrogen) atoms. The molecule has 0 saturated heterocycles. The van der Waals surface area contributed by atoms with Gasteiger partial charge in [0.05, 0.1) is 24.2 Å². The van der Waals surface area contributed by atoms with Crippen LogP contribution in [0.2, 0.25) is 0 Å². The Balaban J connectivity index is 2.90. The Kier molecular flexibility index (Phi) is 2.30. The number of rotatable bonds is 1. The number of methoxy groups -OCH3 is 1. The average Bonchev–Trinajstić information content (AvgIpc) is 2.57. The van der Waals surface area contributed by atoms with Crippen molar-refractivity contribution in [2.45, 2.75) is 6.92 Å². The van der Waals surface area contributed by atoms with Gasteiger partial charge in [0.15, 0.2) is 11.6 Å². The number of carbonyl (C=O) groups is 1. The molecule has 0 fully saturated rings. The van der Waals surface area contributed by atoms with E-state index in [4.69, 9.17) is 4.74 Å². The number of carbonyl (C=O) groups excluding carboxylic acids is 1. The van der Waals surface area contributed by atoms with Gasteiger partial charge in [-0.15, -0.1) is 0 Å². The highest BCUT2D eigenvalue weighted by atomic mass is 19.1. The first-order valence-corrected chi connectivity index (χ1v) is 4.63. The van der Waals surface area contributed by atoms with Gasteiger partial charge in [0.2, 0.25) is 5.91 Å². The molecule has 0 amide bonds. The molecule has 2 rings (SSSR count). The van der Waals surface area contributed by atoms with Crippen molar-refractivity contribution in [2.75, 3.05) is 7.11 Å². The zero-order valence-electron chi connectivity index (χ0n) is 8.82. The van der Waals surface area contributed by atoms with E-state index in [1.54, 1.807) is 0 Å². The lowest BCUT2D eigenvalue weighted by Crippen LogP contribution is -2.03. The molecule has 0 unspecified atom stereocenters. The zero-order valence-corrected chi connectivity index (χ0v) is 8.82. The van der Waals surface area contributed by atoms with E-state index in [1.807, 2.05) is 0 Å². The minimum absolute atomic E-state index is 0.0602. The predicted molar refractivity (Wildman–Crippen MR) is 56.4 cm³/mol. The molecule has 0 saturated carbocycles. The van der Waals surface area contributed by atoms with Crippen LogP contribution < -0.4 is 4.74 Å². The van der Waals surface area contributed by atoms with Gasteiger partial charge in [0.25, 0.3) is 0 Å². The van der Waals surface area contributed by atoms with E-state index in [-0.39, 0.29) is 22.8 Å². The van der Waals surface area contributed by atoms with E-state index in [9.17, 15) is 14.3 Å². The summed E-state index contributed by atoms with van der Waals surface area (Å²) in [6.45, 7) is 1.36. The Bertz CT molecular complexity index is 574. The van der Waals surface area contributed by atoms with Gasteiger partial charge in [-0.1, -0.05) is 0 Å². The van der Waals surface area contributed by atoms with Crippen LogP contribution in [-0.4, -0.2) is 22.7 Å². The first kappa shape index (κ1) is 10.5. The third kappa shape index (κ3) is 1.32. The van der Waals surface area contributed by atoms with Crippen LogP contribution in [0.15, 0.2) is 18.3 Å². The van der Waals surface area contributed by atoms with Crippen molar-refractivity contribution in [3.8, 4) is 11.5 Å². The van der Waals surface area contributed by atoms with Gasteiger partial charge in [0.1, 0.15) is 5.75 Å². The molecule has 1 heterocycles. The summed E-state index contributed by atoms with van der Waals surface area (Å²) in [6, 6.07) is 2.62. The van der Waals surface area contributed by atoms with Crippen LogP contribution >= 0.6 is 0 Å². The summed E-state index contributed by atoms with van der Waals surface area (Å²) < 4.78 is 19.5. The maximum atomic E-state index is 13.4. The summed E-state index contributed by atoms with van der Waals surface area (Å²) in [5.74, 6) is -1.08. The average molecular weight is 223 g/mol. The number of fused-ring (bicyclic) bond motifs is 1. The Morgan fingerprint density at radius 2 is 2.19 bits per heavy atom. The highest BCUT2D eigenvalue weighted by Gasteiger charge is 2.17. The SMILES string of the molecule is COc1c(F)ccc2c1c(O)cn2C(C)=O. The monoisotopic (exact) mass is 223 g/mol. The first-order chi connectivity index (χ1) is 7.56. The Morgan fingerprint density at radius 3 is 2.75 bits per heavy atom. The van der Waals surface area contributed by atoms with Crippen LogP contribution in [0.4, 0.5) is 4.39 Å². The van der Waals surface area contributed by atoms with E-state index < -0.39 is 5.82 Å². The Hall–Kier alpha value is -2.04. The third-order valence-corrected chi connectivity index (χ3v) is 2.40. The second-order valence-electron chi connectivity index (χ2n) is 3.38. The molecule has 1 N–H and O–H groups in total.